The molecule has 1 aromatic carbocycles. The zero-order valence-corrected chi connectivity index (χ0v) is 15.1. The Morgan fingerprint density at radius 1 is 0.714 bits per heavy atom. The van der Waals surface area contributed by atoms with Crippen LogP contribution in [0.5, 0.6) is 0 Å². The zero-order valence-electron chi connectivity index (χ0n) is 15.1. The monoisotopic (exact) mass is 286 g/mol. The highest BCUT2D eigenvalue weighted by Gasteiger charge is 2.34. The van der Waals surface area contributed by atoms with Crippen molar-refractivity contribution in [2.75, 3.05) is 0 Å². The Balaban J connectivity index is 2.98. The van der Waals surface area contributed by atoms with Gasteiger partial charge in [-0.05, 0) is 22.5 Å². The molecule has 2 rings (SSSR count). The first kappa shape index (κ1) is 16.1. The molecule has 0 fully saturated rings. The second-order valence-corrected chi connectivity index (χ2v) is 9.23. The molecule has 0 amide bonds. The number of benzene rings is 1. The van der Waals surface area contributed by atoms with Crippen molar-refractivity contribution in [1.29, 1.82) is 0 Å². The maximum absolute atomic E-state index is 6.33. The van der Waals surface area contributed by atoms with Gasteiger partial charge in [-0.1, -0.05) is 74.4 Å². The van der Waals surface area contributed by atoms with Crippen LogP contribution < -0.4 is 0 Å². The van der Waals surface area contributed by atoms with Crippen molar-refractivity contribution in [2.45, 2.75) is 78.6 Å². The van der Waals surface area contributed by atoms with Crippen LogP contribution >= 0.6 is 0 Å². The van der Waals surface area contributed by atoms with E-state index in [0.717, 1.165) is 11.3 Å². The molecule has 21 heavy (non-hydrogen) atoms. The maximum atomic E-state index is 6.33. The first-order valence-electron chi connectivity index (χ1n) is 7.90. The Morgan fingerprint density at radius 3 is 1.71 bits per heavy atom. The van der Waals surface area contributed by atoms with E-state index in [4.69, 9.17) is 4.42 Å². The minimum absolute atomic E-state index is 0.0107. The van der Waals surface area contributed by atoms with Gasteiger partial charge in [0.05, 0.1) is 0 Å². The van der Waals surface area contributed by atoms with E-state index in [9.17, 15) is 0 Å². The van der Waals surface area contributed by atoms with E-state index in [1.165, 1.54) is 16.5 Å². The first-order chi connectivity index (χ1) is 9.33. The molecule has 0 atom stereocenters. The lowest BCUT2D eigenvalue weighted by molar-refractivity contribution is 0.409. The molecule has 116 valence electrons. The summed E-state index contributed by atoms with van der Waals surface area (Å²) >= 11 is 0. The van der Waals surface area contributed by atoms with Crippen molar-refractivity contribution in [3.05, 3.63) is 35.1 Å². The highest BCUT2D eigenvalue weighted by atomic mass is 16.3. The molecule has 2 aromatic rings. The fraction of sp³-hybridized carbons (Fsp3) is 0.600. The van der Waals surface area contributed by atoms with Gasteiger partial charge in [-0.2, -0.15) is 0 Å². The summed E-state index contributed by atoms with van der Waals surface area (Å²) in [6.45, 7) is 20.4. The molecule has 1 heterocycles. The molecule has 0 saturated heterocycles. The van der Waals surface area contributed by atoms with Gasteiger partial charge in [0.15, 0.2) is 0 Å². The molecule has 0 bridgehead atoms. The highest BCUT2D eigenvalue weighted by molar-refractivity contribution is 5.88. The maximum Gasteiger partial charge on any atom is 0.134 e. The summed E-state index contributed by atoms with van der Waals surface area (Å²) in [5, 5.41) is 1.32. The number of rotatable bonds is 0. The first-order valence-corrected chi connectivity index (χ1v) is 7.90. The van der Waals surface area contributed by atoms with Crippen LogP contribution in [0.4, 0.5) is 0 Å². The molecule has 0 spiro atoms. The van der Waals surface area contributed by atoms with Crippen molar-refractivity contribution < 1.29 is 4.42 Å². The van der Waals surface area contributed by atoms with Gasteiger partial charge in [0.2, 0.25) is 0 Å². The molecule has 1 aromatic heterocycles. The van der Waals surface area contributed by atoms with Crippen molar-refractivity contribution >= 4 is 11.0 Å². The van der Waals surface area contributed by atoms with E-state index >= 15 is 0 Å². The lowest BCUT2D eigenvalue weighted by atomic mass is 9.75. The Labute approximate surface area is 129 Å². The molecule has 0 aliphatic carbocycles. The minimum Gasteiger partial charge on any atom is -0.460 e. The van der Waals surface area contributed by atoms with Crippen molar-refractivity contribution in [3.63, 3.8) is 0 Å². The summed E-state index contributed by atoms with van der Waals surface area (Å²) in [5.41, 5.74) is 3.96. The minimum atomic E-state index is 0.0107. The van der Waals surface area contributed by atoms with Crippen LogP contribution in [0.3, 0.4) is 0 Å². The van der Waals surface area contributed by atoms with E-state index in [-0.39, 0.29) is 16.2 Å². The van der Waals surface area contributed by atoms with Gasteiger partial charge in [-0.25, -0.2) is 0 Å². The lowest BCUT2D eigenvalue weighted by Gasteiger charge is -2.27. The van der Waals surface area contributed by atoms with Gasteiger partial charge in [-0.15, -0.1) is 0 Å². The molecular weight excluding hydrogens is 256 g/mol. The van der Waals surface area contributed by atoms with Crippen LogP contribution in [0.2, 0.25) is 0 Å². The van der Waals surface area contributed by atoms with Crippen molar-refractivity contribution in [3.8, 4) is 0 Å². The van der Waals surface area contributed by atoms with Crippen LogP contribution in [0.15, 0.2) is 22.6 Å². The molecule has 0 unspecified atom stereocenters. The van der Waals surface area contributed by atoms with Crippen LogP contribution in [0, 0.1) is 0 Å². The molecule has 1 heteroatoms. The number of hydrogen-bond donors (Lipinski definition) is 0. The van der Waals surface area contributed by atoms with Gasteiger partial charge in [0.1, 0.15) is 11.3 Å². The van der Waals surface area contributed by atoms with Gasteiger partial charge >= 0.3 is 0 Å². The lowest BCUT2D eigenvalue weighted by Crippen LogP contribution is -2.21. The molecule has 0 aliphatic rings. The van der Waals surface area contributed by atoms with Crippen molar-refractivity contribution in [2.24, 2.45) is 0 Å². The van der Waals surface area contributed by atoms with E-state index in [2.05, 4.69) is 80.5 Å². The molecule has 0 saturated carbocycles. The van der Waals surface area contributed by atoms with E-state index in [1.807, 2.05) is 0 Å². The Hall–Kier alpha value is -1.24. The average molecular weight is 286 g/mol. The second kappa shape index (κ2) is 4.63. The number of fused-ring (bicyclic) bond motifs is 1. The summed E-state index contributed by atoms with van der Waals surface area (Å²) < 4.78 is 6.33. The van der Waals surface area contributed by atoms with E-state index in [1.54, 1.807) is 0 Å². The third kappa shape index (κ3) is 2.88. The smallest absolute Gasteiger partial charge is 0.134 e. The molecule has 0 radical (unpaired) electrons. The van der Waals surface area contributed by atoms with Crippen LogP contribution in [0.1, 0.15) is 79.2 Å². The summed E-state index contributed by atoms with van der Waals surface area (Å²) in [6, 6.07) is 6.47. The predicted octanol–water partition coefficient (Wildman–Crippen LogP) is 6.33. The zero-order chi connectivity index (χ0) is 16.2. The van der Waals surface area contributed by atoms with E-state index in [0.29, 0.717) is 0 Å². The van der Waals surface area contributed by atoms with Gasteiger partial charge in [0.25, 0.3) is 0 Å². The van der Waals surface area contributed by atoms with Crippen LogP contribution in [0.25, 0.3) is 11.0 Å². The quantitative estimate of drug-likeness (QED) is 0.552. The van der Waals surface area contributed by atoms with Gasteiger partial charge in [0, 0.05) is 16.4 Å². The highest BCUT2D eigenvalue weighted by Crippen LogP contribution is 2.44. The van der Waals surface area contributed by atoms with Crippen molar-refractivity contribution in [1.82, 2.24) is 0 Å². The van der Waals surface area contributed by atoms with Crippen LogP contribution in [-0.2, 0) is 16.2 Å². The number of furan rings is 1. The standard InChI is InChI=1S/C20H30O/c1-18(2,3)13-11-10-12-14-15(13)16(19(4,5)6)17(21-14)20(7,8)9/h10-12H,1-9H3. The van der Waals surface area contributed by atoms with Gasteiger partial charge in [-0.3, -0.25) is 0 Å². The summed E-state index contributed by atoms with van der Waals surface area (Å²) in [7, 11) is 0. The Bertz CT molecular complexity index is 652. The third-order valence-corrected chi connectivity index (χ3v) is 3.95. The largest absolute Gasteiger partial charge is 0.460 e. The molecular formula is C20H30O. The molecule has 1 nitrogen and oxygen atoms in total. The Morgan fingerprint density at radius 2 is 1.29 bits per heavy atom. The summed E-state index contributed by atoms with van der Waals surface area (Å²) in [5.74, 6) is 1.13. The second-order valence-electron chi connectivity index (χ2n) is 9.23. The normalized spacial score (nSPS) is 14.0. The van der Waals surface area contributed by atoms with E-state index < -0.39 is 0 Å². The average Bonchev–Trinajstić information content (AvgIpc) is 2.65. The summed E-state index contributed by atoms with van der Waals surface area (Å²) in [4.78, 5) is 0. The molecule has 0 N–H and O–H groups in total. The topological polar surface area (TPSA) is 13.1 Å². The fourth-order valence-electron chi connectivity index (χ4n) is 3.02. The number of hydrogen-bond acceptors (Lipinski definition) is 1. The summed E-state index contributed by atoms with van der Waals surface area (Å²) in [6.07, 6.45) is 0. The predicted molar refractivity (Wildman–Crippen MR) is 92.3 cm³/mol. The SMILES string of the molecule is CC(C)(C)c1oc2cccc(C(C)(C)C)c2c1C(C)(C)C. The Kier molecular flexibility index (Phi) is 3.56. The fourth-order valence-corrected chi connectivity index (χ4v) is 3.02. The van der Waals surface area contributed by atoms with Gasteiger partial charge < -0.3 is 4.42 Å². The molecule has 0 aliphatic heterocycles. The van der Waals surface area contributed by atoms with Crippen LogP contribution in [-0.4, -0.2) is 0 Å². The third-order valence-electron chi connectivity index (χ3n) is 3.95.